The lowest BCUT2D eigenvalue weighted by molar-refractivity contribution is 0.414. The lowest BCUT2D eigenvalue weighted by Crippen LogP contribution is -1.92. The summed E-state index contributed by atoms with van der Waals surface area (Å²) in [5.74, 6) is 1.60. The first-order valence-corrected chi connectivity index (χ1v) is 5.03. The number of rotatable bonds is 3. The number of aryl methyl sites for hydroxylation is 1. The largest absolute Gasteiger partial charge is 0.497 e. The zero-order chi connectivity index (χ0) is 11.5. The van der Waals surface area contributed by atoms with Crippen LogP contribution in [-0.4, -0.2) is 12.1 Å². The Hall–Kier alpha value is -1.97. The smallest absolute Gasteiger partial charge is 0.292 e. The molecule has 0 saturated heterocycles. The first-order valence-electron chi connectivity index (χ1n) is 5.03. The van der Waals surface area contributed by atoms with Gasteiger partial charge < -0.3 is 14.9 Å². The van der Waals surface area contributed by atoms with Gasteiger partial charge in [-0.1, -0.05) is 12.1 Å². The van der Waals surface area contributed by atoms with Gasteiger partial charge in [0, 0.05) is 6.42 Å². The minimum absolute atomic E-state index is 0.218. The SMILES string of the molecule is COc1cccc(Cc2nc(N)oc2C)c1. The molecule has 1 heterocycles. The number of nitrogen functional groups attached to an aromatic ring is 1. The average molecular weight is 218 g/mol. The Labute approximate surface area is 94.1 Å². The van der Waals surface area contributed by atoms with Crippen molar-refractivity contribution in [1.29, 1.82) is 0 Å². The second-order valence-electron chi connectivity index (χ2n) is 3.58. The van der Waals surface area contributed by atoms with Crippen LogP contribution in [0.4, 0.5) is 6.01 Å². The van der Waals surface area contributed by atoms with E-state index in [1.54, 1.807) is 7.11 Å². The molecule has 84 valence electrons. The van der Waals surface area contributed by atoms with Crippen LogP contribution in [-0.2, 0) is 6.42 Å². The molecule has 0 spiro atoms. The average Bonchev–Trinajstić information content (AvgIpc) is 2.58. The van der Waals surface area contributed by atoms with Gasteiger partial charge in [-0.25, -0.2) is 0 Å². The van der Waals surface area contributed by atoms with Crippen LogP contribution in [0, 0.1) is 6.92 Å². The molecule has 0 bridgehead atoms. The molecule has 2 N–H and O–H groups in total. The topological polar surface area (TPSA) is 61.3 Å². The first-order chi connectivity index (χ1) is 7.69. The first kappa shape index (κ1) is 10.5. The molecule has 1 aromatic carbocycles. The zero-order valence-corrected chi connectivity index (χ0v) is 9.36. The molecule has 0 aliphatic carbocycles. The molecule has 0 fully saturated rings. The number of methoxy groups -OCH3 is 1. The molecule has 0 saturated carbocycles. The van der Waals surface area contributed by atoms with E-state index in [1.807, 2.05) is 31.2 Å². The van der Waals surface area contributed by atoms with Gasteiger partial charge in [0.05, 0.1) is 12.8 Å². The van der Waals surface area contributed by atoms with Gasteiger partial charge in [0.2, 0.25) is 0 Å². The van der Waals surface area contributed by atoms with Gasteiger partial charge in [-0.3, -0.25) is 0 Å². The van der Waals surface area contributed by atoms with Crippen LogP contribution >= 0.6 is 0 Å². The van der Waals surface area contributed by atoms with E-state index in [9.17, 15) is 0 Å². The van der Waals surface area contributed by atoms with Crippen molar-refractivity contribution < 1.29 is 9.15 Å². The summed E-state index contributed by atoms with van der Waals surface area (Å²) < 4.78 is 10.3. The highest BCUT2D eigenvalue weighted by molar-refractivity contribution is 5.32. The summed E-state index contributed by atoms with van der Waals surface area (Å²) in [5, 5.41) is 0. The summed E-state index contributed by atoms with van der Waals surface area (Å²) in [6, 6.07) is 8.08. The van der Waals surface area contributed by atoms with Gasteiger partial charge in [0.15, 0.2) is 0 Å². The van der Waals surface area contributed by atoms with Crippen LogP contribution in [0.5, 0.6) is 5.75 Å². The highest BCUT2D eigenvalue weighted by Gasteiger charge is 2.08. The highest BCUT2D eigenvalue weighted by Crippen LogP contribution is 2.18. The number of aromatic nitrogens is 1. The van der Waals surface area contributed by atoms with Crippen molar-refractivity contribution in [2.24, 2.45) is 0 Å². The molecule has 16 heavy (non-hydrogen) atoms. The van der Waals surface area contributed by atoms with Crippen LogP contribution in [0.15, 0.2) is 28.7 Å². The van der Waals surface area contributed by atoms with Crippen molar-refractivity contribution in [3.8, 4) is 5.75 Å². The quantitative estimate of drug-likeness (QED) is 0.857. The van der Waals surface area contributed by atoms with Gasteiger partial charge in [0.25, 0.3) is 6.01 Å². The Bertz CT molecular complexity index is 492. The van der Waals surface area contributed by atoms with E-state index in [0.717, 1.165) is 22.8 Å². The molecule has 4 nitrogen and oxygen atoms in total. The van der Waals surface area contributed by atoms with E-state index in [4.69, 9.17) is 14.9 Å². The van der Waals surface area contributed by atoms with Crippen LogP contribution in [0.3, 0.4) is 0 Å². The minimum Gasteiger partial charge on any atom is -0.497 e. The summed E-state index contributed by atoms with van der Waals surface area (Å²) in [7, 11) is 1.65. The van der Waals surface area contributed by atoms with Gasteiger partial charge in [-0.2, -0.15) is 4.98 Å². The monoisotopic (exact) mass is 218 g/mol. The van der Waals surface area contributed by atoms with Gasteiger partial charge >= 0.3 is 0 Å². The van der Waals surface area contributed by atoms with Crippen LogP contribution in [0.1, 0.15) is 17.0 Å². The van der Waals surface area contributed by atoms with Crippen molar-refractivity contribution >= 4 is 6.01 Å². The van der Waals surface area contributed by atoms with Crippen LogP contribution < -0.4 is 10.5 Å². The number of hydrogen-bond acceptors (Lipinski definition) is 4. The number of ether oxygens (including phenoxy) is 1. The maximum atomic E-state index is 5.49. The Morgan fingerprint density at radius 1 is 1.44 bits per heavy atom. The van der Waals surface area contributed by atoms with Gasteiger partial charge in [-0.05, 0) is 24.6 Å². The van der Waals surface area contributed by atoms with Crippen molar-refractivity contribution in [2.75, 3.05) is 12.8 Å². The highest BCUT2D eigenvalue weighted by atomic mass is 16.5. The Morgan fingerprint density at radius 3 is 2.88 bits per heavy atom. The maximum absolute atomic E-state index is 5.49. The molecule has 0 aliphatic rings. The fraction of sp³-hybridized carbons (Fsp3) is 0.250. The molecule has 2 aromatic rings. The fourth-order valence-electron chi connectivity index (χ4n) is 1.59. The number of nitrogens with zero attached hydrogens (tertiary/aromatic N) is 1. The number of oxazole rings is 1. The van der Waals surface area contributed by atoms with E-state index in [1.165, 1.54) is 0 Å². The summed E-state index contributed by atoms with van der Waals surface area (Å²) in [6.07, 6.45) is 0.698. The minimum atomic E-state index is 0.218. The number of nitrogens with two attached hydrogens (primary N) is 1. The van der Waals surface area contributed by atoms with Crippen molar-refractivity contribution in [3.63, 3.8) is 0 Å². The molecule has 1 aromatic heterocycles. The van der Waals surface area contributed by atoms with Crippen molar-refractivity contribution in [1.82, 2.24) is 4.98 Å². The summed E-state index contributed by atoms with van der Waals surface area (Å²) in [5.41, 5.74) is 7.47. The van der Waals surface area contributed by atoms with Crippen molar-refractivity contribution in [3.05, 3.63) is 41.3 Å². The van der Waals surface area contributed by atoms with E-state index in [0.29, 0.717) is 6.42 Å². The van der Waals surface area contributed by atoms with E-state index in [2.05, 4.69) is 4.98 Å². The fourth-order valence-corrected chi connectivity index (χ4v) is 1.59. The summed E-state index contributed by atoms with van der Waals surface area (Å²) in [4.78, 5) is 4.13. The van der Waals surface area contributed by atoms with Gasteiger partial charge in [0.1, 0.15) is 11.5 Å². The third-order valence-corrected chi connectivity index (χ3v) is 2.41. The Morgan fingerprint density at radius 2 is 2.25 bits per heavy atom. The molecule has 0 amide bonds. The number of anilines is 1. The number of hydrogen-bond donors (Lipinski definition) is 1. The standard InChI is InChI=1S/C12H14N2O2/c1-8-11(14-12(13)16-8)7-9-4-3-5-10(6-9)15-2/h3-6H,7H2,1-2H3,(H2,13,14). The molecule has 4 heteroatoms. The molecule has 0 aliphatic heterocycles. The normalized spacial score (nSPS) is 10.4. The number of benzene rings is 1. The van der Waals surface area contributed by atoms with Crippen LogP contribution in [0.2, 0.25) is 0 Å². The third-order valence-electron chi connectivity index (χ3n) is 2.41. The van der Waals surface area contributed by atoms with E-state index >= 15 is 0 Å². The predicted molar refractivity (Wildman–Crippen MR) is 61.5 cm³/mol. The second-order valence-corrected chi connectivity index (χ2v) is 3.58. The lowest BCUT2D eigenvalue weighted by atomic mass is 10.1. The van der Waals surface area contributed by atoms with Crippen LogP contribution in [0.25, 0.3) is 0 Å². The second kappa shape index (κ2) is 4.26. The van der Waals surface area contributed by atoms with Crippen molar-refractivity contribution in [2.45, 2.75) is 13.3 Å². The molecule has 0 atom stereocenters. The Balaban J connectivity index is 2.23. The summed E-state index contributed by atoms with van der Waals surface area (Å²) >= 11 is 0. The molecule has 2 rings (SSSR count). The molecule has 0 radical (unpaired) electrons. The van der Waals surface area contributed by atoms with Gasteiger partial charge in [-0.15, -0.1) is 0 Å². The summed E-state index contributed by atoms with van der Waals surface area (Å²) in [6.45, 7) is 1.86. The third kappa shape index (κ3) is 2.16. The maximum Gasteiger partial charge on any atom is 0.292 e. The molecular formula is C12H14N2O2. The Kier molecular flexibility index (Phi) is 2.81. The molecule has 0 unspecified atom stereocenters. The molecular weight excluding hydrogens is 204 g/mol. The zero-order valence-electron chi connectivity index (χ0n) is 9.36. The predicted octanol–water partition coefficient (Wildman–Crippen LogP) is 2.16. The van der Waals surface area contributed by atoms with E-state index in [-0.39, 0.29) is 6.01 Å². The van der Waals surface area contributed by atoms with E-state index < -0.39 is 0 Å². The lowest BCUT2D eigenvalue weighted by Gasteiger charge is -2.02.